The Morgan fingerprint density at radius 3 is 2.00 bits per heavy atom. The van der Waals surface area contributed by atoms with Crippen LogP contribution in [0, 0.1) is 11.6 Å². The van der Waals surface area contributed by atoms with Crippen molar-refractivity contribution in [1.29, 1.82) is 0 Å². The second kappa shape index (κ2) is 12.1. The van der Waals surface area contributed by atoms with Gasteiger partial charge >= 0.3 is 6.09 Å². The van der Waals surface area contributed by atoms with Crippen molar-refractivity contribution in [3.8, 4) is 33.5 Å². The van der Waals surface area contributed by atoms with E-state index in [-0.39, 0.29) is 17.7 Å². The van der Waals surface area contributed by atoms with Crippen LogP contribution in [0.2, 0.25) is 0 Å². The number of piperazine rings is 1. The van der Waals surface area contributed by atoms with Gasteiger partial charge in [0.25, 0.3) is 0 Å². The molecule has 10 heteroatoms. The van der Waals surface area contributed by atoms with Gasteiger partial charge in [-0.3, -0.25) is 14.6 Å². The first-order valence-electron chi connectivity index (χ1n) is 14.7. The highest BCUT2D eigenvalue weighted by molar-refractivity contribution is 6.05. The fraction of sp³-hybridized carbons (Fsp3) is 0.294. The molecule has 0 atom stereocenters. The smallest absolute Gasteiger partial charge is 0.410 e. The molecule has 1 amide bonds. The molecule has 2 aromatic carbocycles. The van der Waals surface area contributed by atoms with E-state index in [1.165, 1.54) is 24.3 Å². The molecule has 1 fully saturated rings. The zero-order valence-electron chi connectivity index (χ0n) is 25.0. The van der Waals surface area contributed by atoms with Gasteiger partial charge in [-0.05, 0) is 80.4 Å². The lowest BCUT2D eigenvalue weighted by atomic mass is 9.90. The number of carbonyl (C=O) groups is 1. The molecule has 5 aromatic rings. The second-order valence-electron chi connectivity index (χ2n) is 11.9. The van der Waals surface area contributed by atoms with Crippen molar-refractivity contribution in [3.63, 3.8) is 0 Å². The van der Waals surface area contributed by atoms with Gasteiger partial charge in [0, 0.05) is 73.4 Å². The highest BCUT2D eigenvalue weighted by Crippen LogP contribution is 2.43. The summed E-state index contributed by atoms with van der Waals surface area (Å²) in [6.07, 6.45) is 5.14. The molecule has 0 saturated carbocycles. The molecule has 1 saturated heterocycles. The highest BCUT2D eigenvalue weighted by atomic mass is 19.1. The van der Waals surface area contributed by atoms with Crippen molar-refractivity contribution in [2.45, 2.75) is 32.9 Å². The van der Waals surface area contributed by atoms with Crippen molar-refractivity contribution in [3.05, 3.63) is 90.9 Å². The minimum Gasteiger partial charge on any atom is -0.444 e. The molecule has 44 heavy (non-hydrogen) atoms. The average Bonchev–Trinajstić information content (AvgIpc) is 3.43. The number of halogens is 2. The summed E-state index contributed by atoms with van der Waals surface area (Å²) >= 11 is 0. The molecule has 3 aromatic heterocycles. The number of fused-ring (bicyclic) bond motifs is 1. The lowest BCUT2D eigenvalue weighted by Crippen LogP contribution is -2.50. The van der Waals surface area contributed by atoms with Crippen LogP contribution < -0.4 is 0 Å². The number of benzene rings is 2. The van der Waals surface area contributed by atoms with Crippen molar-refractivity contribution < 1.29 is 18.3 Å². The lowest BCUT2D eigenvalue weighted by molar-refractivity contribution is 0.0142. The fourth-order valence-corrected chi connectivity index (χ4v) is 5.46. The monoisotopic (exact) mass is 596 g/mol. The van der Waals surface area contributed by atoms with E-state index in [0.29, 0.717) is 31.0 Å². The minimum absolute atomic E-state index is 0.281. The zero-order chi connectivity index (χ0) is 30.8. The van der Waals surface area contributed by atoms with E-state index in [2.05, 4.69) is 9.88 Å². The Balaban J connectivity index is 1.35. The number of amides is 1. The van der Waals surface area contributed by atoms with Crippen molar-refractivity contribution in [2.75, 3.05) is 32.7 Å². The van der Waals surface area contributed by atoms with Crippen LogP contribution in [-0.4, -0.2) is 74.0 Å². The van der Waals surface area contributed by atoms with Crippen molar-refractivity contribution in [1.82, 2.24) is 29.5 Å². The molecule has 1 aliphatic rings. The third-order valence-electron chi connectivity index (χ3n) is 7.60. The van der Waals surface area contributed by atoms with Crippen LogP contribution in [0.25, 0.3) is 44.5 Å². The number of hydrogen-bond donors (Lipinski definition) is 0. The Morgan fingerprint density at radius 2 is 1.39 bits per heavy atom. The molecular formula is C34H34F2N6O2. The van der Waals surface area contributed by atoms with Crippen molar-refractivity contribution in [2.24, 2.45) is 0 Å². The lowest BCUT2D eigenvalue weighted by Gasteiger charge is -2.35. The maximum absolute atomic E-state index is 14.0. The second-order valence-corrected chi connectivity index (χ2v) is 11.9. The van der Waals surface area contributed by atoms with Crippen LogP contribution in [-0.2, 0) is 11.3 Å². The molecule has 0 spiro atoms. The Bertz CT molecular complexity index is 1760. The van der Waals surface area contributed by atoms with E-state index < -0.39 is 5.60 Å². The van der Waals surface area contributed by atoms with Gasteiger partial charge in [0.15, 0.2) is 5.65 Å². The number of ether oxygens (including phenoxy) is 1. The van der Waals surface area contributed by atoms with Gasteiger partial charge in [0.1, 0.15) is 17.2 Å². The van der Waals surface area contributed by atoms with Crippen LogP contribution in [0.15, 0.2) is 79.3 Å². The van der Waals surface area contributed by atoms with Crippen LogP contribution in [0.1, 0.15) is 20.8 Å². The maximum atomic E-state index is 14.0. The summed E-state index contributed by atoms with van der Waals surface area (Å²) < 4.78 is 35.4. The molecule has 4 heterocycles. The van der Waals surface area contributed by atoms with Gasteiger partial charge in [-0.2, -0.15) is 5.10 Å². The Hall–Kier alpha value is -4.70. The third kappa shape index (κ3) is 6.45. The Morgan fingerprint density at radius 1 is 0.795 bits per heavy atom. The number of aromatic nitrogens is 4. The van der Waals surface area contributed by atoms with E-state index in [1.807, 2.05) is 43.8 Å². The van der Waals surface area contributed by atoms with Gasteiger partial charge in [0.05, 0.1) is 12.2 Å². The van der Waals surface area contributed by atoms with Gasteiger partial charge in [-0.25, -0.2) is 18.6 Å². The molecule has 0 unspecified atom stereocenters. The molecule has 6 rings (SSSR count). The maximum Gasteiger partial charge on any atom is 0.410 e. The van der Waals surface area contributed by atoms with E-state index in [4.69, 9.17) is 14.8 Å². The van der Waals surface area contributed by atoms with Crippen LogP contribution >= 0.6 is 0 Å². The zero-order valence-corrected chi connectivity index (χ0v) is 25.0. The topological polar surface area (TPSA) is 76.4 Å². The first-order chi connectivity index (χ1) is 21.1. The van der Waals surface area contributed by atoms with E-state index in [1.54, 1.807) is 41.6 Å². The van der Waals surface area contributed by atoms with Gasteiger partial charge < -0.3 is 9.64 Å². The molecule has 8 nitrogen and oxygen atoms in total. The van der Waals surface area contributed by atoms with Crippen LogP contribution in [0.4, 0.5) is 13.6 Å². The summed E-state index contributed by atoms with van der Waals surface area (Å²) in [5.41, 5.74) is 4.78. The first kappa shape index (κ1) is 29.4. The number of carbonyl (C=O) groups excluding carboxylic acids is 1. The summed E-state index contributed by atoms with van der Waals surface area (Å²) in [7, 11) is 0. The van der Waals surface area contributed by atoms with Gasteiger partial charge in [0.2, 0.25) is 0 Å². The summed E-state index contributed by atoms with van der Waals surface area (Å²) in [4.78, 5) is 25.7. The molecule has 226 valence electrons. The average molecular weight is 597 g/mol. The predicted octanol–water partition coefficient (Wildman–Crippen LogP) is 6.66. The molecule has 0 bridgehead atoms. The number of pyridine rings is 2. The summed E-state index contributed by atoms with van der Waals surface area (Å²) in [6.45, 7) is 9.63. The highest BCUT2D eigenvalue weighted by Gasteiger charge is 2.26. The minimum atomic E-state index is -0.523. The van der Waals surface area contributed by atoms with Crippen molar-refractivity contribution >= 4 is 17.1 Å². The number of nitrogens with zero attached hydrogens (tertiary/aromatic N) is 6. The van der Waals surface area contributed by atoms with Gasteiger partial charge in [-0.15, -0.1) is 0 Å². The van der Waals surface area contributed by atoms with E-state index >= 15 is 0 Å². The first-order valence-corrected chi connectivity index (χ1v) is 14.7. The number of rotatable bonds is 6. The standard InChI is InChI=1S/C34H34F2N6O2/c1-34(2,3)44-33(43)41-19-16-40(17-20-41)18-21-42-22-28-29(23-4-8-26(35)9-5-23)30(24-12-14-37-15-13-24)31(38-32(28)39-42)25-6-10-27(36)11-7-25/h4-15,22H,16-21H2,1-3H3. The Kier molecular flexibility index (Phi) is 8.09. The SMILES string of the molecule is CC(C)(C)OC(=O)N1CCN(CCn2cc3c(-c4ccc(F)cc4)c(-c4ccncc4)c(-c4ccc(F)cc4)nc3n2)CC1. The Labute approximate surface area is 254 Å². The number of hydrogen-bond acceptors (Lipinski definition) is 6. The van der Waals surface area contributed by atoms with E-state index in [9.17, 15) is 13.6 Å². The summed E-state index contributed by atoms with van der Waals surface area (Å²) in [5, 5.41) is 5.68. The fourth-order valence-electron chi connectivity index (χ4n) is 5.46. The predicted molar refractivity (Wildman–Crippen MR) is 166 cm³/mol. The quantitative estimate of drug-likeness (QED) is 0.218. The molecule has 0 N–H and O–H groups in total. The largest absolute Gasteiger partial charge is 0.444 e. The summed E-state index contributed by atoms with van der Waals surface area (Å²) in [5.74, 6) is -0.666. The van der Waals surface area contributed by atoms with Gasteiger partial charge in [-0.1, -0.05) is 12.1 Å². The molecule has 0 aliphatic carbocycles. The molecule has 0 radical (unpaired) electrons. The normalized spacial score (nSPS) is 14.2. The van der Waals surface area contributed by atoms with Crippen LogP contribution in [0.3, 0.4) is 0 Å². The third-order valence-corrected chi connectivity index (χ3v) is 7.60. The molecular weight excluding hydrogens is 562 g/mol. The van der Waals surface area contributed by atoms with Crippen LogP contribution in [0.5, 0.6) is 0 Å². The van der Waals surface area contributed by atoms with E-state index in [0.717, 1.165) is 52.8 Å². The summed E-state index contributed by atoms with van der Waals surface area (Å²) in [6, 6.07) is 16.4. The molecule has 1 aliphatic heterocycles.